The Labute approximate surface area is 127 Å². The first-order valence-corrected chi connectivity index (χ1v) is 8.11. The molecule has 5 heteroatoms. The van der Waals surface area contributed by atoms with Crippen LogP contribution < -0.4 is 5.73 Å². The maximum atomic E-state index is 5.62. The quantitative estimate of drug-likeness (QED) is 0.711. The molecule has 0 bridgehead atoms. The Morgan fingerprint density at radius 1 is 1.50 bits per heavy atom. The Bertz CT molecular complexity index is 435. The fourth-order valence-electron chi connectivity index (χ4n) is 2.62. The summed E-state index contributed by atoms with van der Waals surface area (Å²) in [5.41, 5.74) is 6.78. The number of nitrogens with zero attached hydrogens (tertiary/aromatic N) is 3. The number of thiocarbonyl (C=S) groups is 1. The van der Waals surface area contributed by atoms with E-state index in [0.717, 1.165) is 38.0 Å². The molecule has 1 aliphatic carbocycles. The van der Waals surface area contributed by atoms with E-state index >= 15 is 0 Å². The highest BCUT2D eigenvalue weighted by Crippen LogP contribution is 2.28. The molecule has 0 radical (unpaired) electrons. The summed E-state index contributed by atoms with van der Waals surface area (Å²) < 4.78 is 2.12. The molecule has 0 unspecified atom stereocenters. The molecule has 4 nitrogen and oxygen atoms in total. The molecule has 20 heavy (non-hydrogen) atoms. The maximum absolute atomic E-state index is 5.62. The first-order chi connectivity index (χ1) is 9.63. The summed E-state index contributed by atoms with van der Waals surface area (Å²) in [7, 11) is 0. The Hall–Kier alpha value is -0.940. The van der Waals surface area contributed by atoms with Crippen molar-refractivity contribution in [2.75, 3.05) is 6.54 Å². The van der Waals surface area contributed by atoms with Crippen LogP contribution in [-0.4, -0.2) is 32.3 Å². The predicted octanol–water partition coefficient (Wildman–Crippen LogP) is 2.88. The molecule has 0 atom stereocenters. The van der Waals surface area contributed by atoms with Crippen molar-refractivity contribution in [3.8, 4) is 0 Å². The lowest BCUT2D eigenvalue weighted by Crippen LogP contribution is -2.29. The van der Waals surface area contributed by atoms with Gasteiger partial charge in [0.15, 0.2) is 0 Å². The molecule has 1 heterocycles. The van der Waals surface area contributed by atoms with E-state index < -0.39 is 0 Å². The highest BCUT2D eigenvalue weighted by molar-refractivity contribution is 7.80. The second kappa shape index (κ2) is 7.18. The zero-order valence-corrected chi connectivity index (χ0v) is 13.4. The van der Waals surface area contributed by atoms with Crippen LogP contribution in [0.15, 0.2) is 12.3 Å². The monoisotopic (exact) mass is 294 g/mol. The number of hydrogen-bond donors (Lipinski definition) is 1. The standard InChI is InChI=1S/C15H26N4S/c1-3-13(4-2)19-10-7-12(17-19)11-18(14-5-6-14)9-8-15(16)20/h7,10,13-14H,3-6,8-9,11H2,1-2H3,(H2,16,20). The van der Waals surface area contributed by atoms with Crippen molar-refractivity contribution in [1.82, 2.24) is 14.7 Å². The van der Waals surface area contributed by atoms with E-state index in [4.69, 9.17) is 23.1 Å². The second-order valence-corrected chi connectivity index (χ2v) is 6.20. The molecule has 1 aliphatic rings. The lowest BCUT2D eigenvalue weighted by molar-refractivity contribution is 0.257. The minimum Gasteiger partial charge on any atom is -0.393 e. The second-order valence-electron chi connectivity index (χ2n) is 5.68. The van der Waals surface area contributed by atoms with Crippen LogP contribution in [0.1, 0.15) is 57.7 Å². The first-order valence-electron chi connectivity index (χ1n) is 7.70. The maximum Gasteiger partial charge on any atom is 0.0765 e. The van der Waals surface area contributed by atoms with Gasteiger partial charge in [-0.15, -0.1) is 0 Å². The van der Waals surface area contributed by atoms with Gasteiger partial charge < -0.3 is 5.73 Å². The lowest BCUT2D eigenvalue weighted by atomic mass is 10.2. The van der Waals surface area contributed by atoms with Gasteiger partial charge in [-0.25, -0.2) is 0 Å². The van der Waals surface area contributed by atoms with Crippen LogP contribution in [-0.2, 0) is 6.54 Å². The van der Waals surface area contributed by atoms with Crippen molar-refractivity contribution < 1.29 is 0 Å². The molecule has 2 N–H and O–H groups in total. The number of rotatable bonds is 9. The third-order valence-corrected chi connectivity index (χ3v) is 4.26. The molecule has 1 saturated carbocycles. The van der Waals surface area contributed by atoms with Crippen LogP contribution >= 0.6 is 12.2 Å². The largest absolute Gasteiger partial charge is 0.393 e. The smallest absolute Gasteiger partial charge is 0.0765 e. The molecule has 0 aromatic carbocycles. The highest BCUT2D eigenvalue weighted by Gasteiger charge is 2.29. The zero-order valence-electron chi connectivity index (χ0n) is 12.6. The lowest BCUT2D eigenvalue weighted by Gasteiger charge is -2.20. The van der Waals surface area contributed by atoms with Crippen LogP contribution in [0.4, 0.5) is 0 Å². The van der Waals surface area contributed by atoms with Gasteiger partial charge in [-0.1, -0.05) is 26.1 Å². The zero-order chi connectivity index (χ0) is 14.5. The van der Waals surface area contributed by atoms with E-state index in [1.54, 1.807) is 0 Å². The van der Waals surface area contributed by atoms with Gasteiger partial charge in [0, 0.05) is 31.7 Å². The van der Waals surface area contributed by atoms with Gasteiger partial charge in [-0.05, 0) is 31.7 Å². The third-order valence-electron chi connectivity index (χ3n) is 4.05. The van der Waals surface area contributed by atoms with Gasteiger partial charge in [0.1, 0.15) is 0 Å². The van der Waals surface area contributed by atoms with Crippen LogP contribution in [0.5, 0.6) is 0 Å². The summed E-state index contributed by atoms with van der Waals surface area (Å²) in [6, 6.07) is 3.38. The van der Waals surface area contributed by atoms with Crippen LogP contribution in [0.25, 0.3) is 0 Å². The van der Waals surface area contributed by atoms with E-state index in [1.165, 1.54) is 12.8 Å². The van der Waals surface area contributed by atoms with E-state index in [-0.39, 0.29) is 0 Å². The minimum absolute atomic E-state index is 0.523. The Kier molecular flexibility index (Phi) is 5.54. The van der Waals surface area contributed by atoms with Crippen molar-refractivity contribution in [2.45, 2.75) is 64.6 Å². The number of aromatic nitrogens is 2. The molecule has 2 rings (SSSR count). The van der Waals surface area contributed by atoms with Crippen LogP contribution in [0.2, 0.25) is 0 Å². The van der Waals surface area contributed by atoms with Crippen LogP contribution in [0.3, 0.4) is 0 Å². The molecule has 112 valence electrons. The topological polar surface area (TPSA) is 47.1 Å². The summed E-state index contributed by atoms with van der Waals surface area (Å²) in [6.07, 6.45) is 7.77. The number of nitrogens with two attached hydrogens (primary N) is 1. The van der Waals surface area contributed by atoms with Crippen molar-refractivity contribution in [1.29, 1.82) is 0 Å². The first kappa shape index (κ1) is 15.4. The van der Waals surface area contributed by atoms with Crippen molar-refractivity contribution in [3.05, 3.63) is 18.0 Å². The van der Waals surface area contributed by atoms with Crippen molar-refractivity contribution in [3.63, 3.8) is 0 Å². The Morgan fingerprint density at radius 3 is 2.75 bits per heavy atom. The Morgan fingerprint density at radius 2 is 2.20 bits per heavy atom. The van der Waals surface area contributed by atoms with Gasteiger partial charge in [0.05, 0.1) is 16.7 Å². The molecule has 1 aromatic heterocycles. The molecule has 0 spiro atoms. The average Bonchev–Trinajstić information content (AvgIpc) is 3.17. The molecule has 0 saturated heterocycles. The van der Waals surface area contributed by atoms with E-state index in [2.05, 4.69) is 35.7 Å². The fraction of sp³-hybridized carbons (Fsp3) is 0.733. The fourth-order valence-corrected chi connectivity index (χ4v) is 2.71. The molecule has 0 amide bonds. The summed E-state index contributed by atoms with van der Waals surface area (Å²) in [6.45, 7) is 6.31. The van der Waals surface area contributed by atoms with Crippen molar-refractivity contribution >= 4 is 17.2 Å². The highest BCUT2D eigenvalue weighted by atomic mass is 32.1. The predicted molar refractivity (Wildman–Crippen MR) is 86.7 cm³/mol. The SMILES string of the molecule is CCC(CC)n1ccc(CN(CCC(N)=S)C2CC2)n1. The summed E-state index contributed by atoms with van der Waals surface area (Å²) >= 11 is 4.99. The molecule has 0 aliphatic heterocycles. The van der Waals surface area contributed by atoms with Gasteiger partial charge in [-0.3, -0.25) is 9.58 Å². The minimum atomic E-state index is 0.523. The van der Waals surface area contributed by atoms with E-state index in [0.29, 0.717) is 17.1 Å². The average molecular weight is 294 g/mol. The van der Waals surface area contributed by atoms with E-state index in [9.17, 15) is 0 Å². The van der Waals surface area contributed by atoms with Gasteiger partial charge >= 0.3 is 0 Å². The van der Waals surface area contributed by atoms with Crippen LogP contribution in [0, 0.1) is 0 Å². The summed E-state index contributed by atoms with van der Waals surface area (Å²) in [5, 5.41) is 4.74. The van der Waals surface area contributed by atoms with E-state index in [1.807, 2.05) is 0 Å². The number of hydrogen-bond acceptors (Lipinski definition) is 3. The molecular formula is C15H26N4S. The third kappa shape index (κ3) is 4.28. The Balaban J connectivity index is 1.94. The summed E-state index contributed by atoms with van der Waals surface area (Å²) in [5.74, 6) is 0. The molecule has 1 aromatic rings. The summed E-state index contributed by atoms with van der Waals surface area (Å²) in [4.78, 5) is 3.08. The molecular weight excluding hydrogens is 268 g/mol. The van der Waals surface area contributed by atoms with Gasteiger partial charge in [-0.2, -0.15) is 5.10 Å². The van der Waals surface area contributed by atoms with Crippen molar-refractivity contribution in [2.24, 2.45) is 5.73 Å². The molecule has 1 fully saturated rings. The normalized spacial score (nSPS) is 15.2. The van der Waals surface area contributed by atoms with Gasteiger partial charge in [0.25, 0.3) is 0 Å². The van der Waals surface area contributed by atoms with Gasteiger partial charge in [0.2, 0.25) is 0 Å².